The van der Waals surface area contributed by atoms with Crippen LogP contribution in [0.15, 0.2) is 11.1 Å². The van der Waals surface area contributed by atoms with Crippen molar-refractivity contribution in [1.29, 1.82) is 0 Å². The van der Waals surface area contributed by atoms with E-state index in [-0.39, 0.29) is 0 Å². The molecular formula is C14H23N3S. The molecule has 0 radical (unpaired) electrons. The summed E-state index contributed by atoms with van der Waals surface area (Å²) in [7, 11) is 0. The summed E-state index contributed by atoms with van der Waals surface area (Å²) in [6, 6.07) is 2.10. The zero-order valence-electron chi connectivity index (χ0n) is 11.4. The second-order valence-corrected chi connectivity index (χ2v) is 5.97. The molecule has 1 aliphatic rings. The van der Waals surface area contributed by atoms with Crippen molar-refractivity contribution < 1.29 is 0 Å². The van der Waals surface area contributed by atoms with Crippen LogP contribution in [0.5, 0.6) is 0 Å². The number of aromatic nitrogens is 2. The largest absolute Gasteiger partial charge is 0.370 e. The van der Waals surface area contributed by atoms with Crippen LogP contribution < -0.4 is 5.32 Å². The van der Waals surface area contributed by atoms with Crippen molar-refractivity contribution in [3.05, 3.63) is 11.9 Å². The highest BCUT2D eigenvalue weighted by Crippen LogP contribution is 2.39. The third kappa shape index (κ3) is 4.16. The predicted octanol–water partition coefficient (Wildman–Crippen LogP) is 4.07. The van der Waals surface area contributed by atoms with E-state index in [2.05, 4.69) is 35.2 Å². The Morgan fingerprint density at radius 3 is 2.78 bits per heavy atom. The molecule has 1 heterocycles. The van der Waals surface area contributed by atoms with Crippen LogP contribution in [-0.4, -0.2) is 22.3 Å². The molecule has 1 aliphatic carbocycles. The smallest absolute Gasteiger partial charge is 0.135 e. The second kappa shape index (κ2) is 6.98. The van der Waals surface area contributed by atoms with Gasteiger partial charge < -0.3 is 5.32 Å². The molecule has 0 saturated heterocycles. The molecule has 1 saturated carbocycles. The zero-order valence-corrected chi connectivity index (χ0v) is 12.2. The first kappa shape index (κ1) is 13.7. The Kier molecular flexibility index (Phi) is 5.29. The van der Waals surface area contributed by atoms with Crippen molar-refractivity contribution in [1.82, 2.24) is 9.97 Å². The van der Waals surface area contributed by atoms with Crippen LogP contribution in [0.2, 0.25) is 0 Å². The molecule has 0 aromatic carbocycles. The standard InChI is InChI=1S/C14H23N3S/c1-3-5-9-18-13-10-12(15-8-4-2)16-14(17-13)11-6-7-11/h10-11H,3-9H2,1-2H3,(H,15,16,17). The fraction of sp³-hybridized carbons (Fsp3) is 0.714. The summed E-state index contributed by atoms with van der Waals surface area (Å²) < 4.78 is 0. The van der Waals surface area contributed by atoms with Gasteiger partial charge in [-0.05, 0) is 31.4 Å². The summed E-state index contributed by atoms with van der Waals surface area (Å²) in [6.45, 7) is 5.39. The Bertz CT molecular complexity index is 377. The van der Waals surface area contributed by atoms with Crippen molar-refractivity contribution in [2.24, 2.45) is 0 Å². The van der Waals surface area contributed by atoms with Crippen LogP contribution >= 0.6 is 11.8 Å². The number of nitrogens with one attached hydrogen (secondary N) is 1. The topological polar surface area (TPSA) is 37.8 Å². The van der Waals surface area contributed by atoms with E-state index in [4.69, 9.17) is 0 Å². The summed E-state index contributed by atoms with van der Waals surface area (Å²) in [5.41, 5.74) is 0. The second-order valence-electron chi connectivity index (χ2n) is 4.85. The van der Waals surface area contributed by atoms with Gasteiger partial charge in [0.25, 0.3) is 0 Å². The van der Waals surface area contributed by atoms with Crippen LogP contribution in [0.25, 0.3) is 0 Å². The monoisotopic (exact) mass is 265 g/mol. The minimum Gasteiger partial charge on any atom is -0.370 e. The van der Waals surface area contributed by atoms with Crippen LogP contribution in [-0.2, 0) is 0 Å². The molecule has 0 unspecified atom stereocenters. The number of unbranched alkanes of at least 4 members (excludes halogenated alkanes) is 1. The van der Waals surface area contributed by atoms with E-state index in [1.807, 2.05) is 11.8 Å². The highest BCUT2D eigenvalue weighted by atomic mass is 32.2. The maximum atomic E-state index is 4.69. The van der Waals surface area contributed by atoms with Crippen LogP contribution in [0.3, 0.4) is 0 Å². The van der Waals surface area contributed by atoms with Gasteiger partial charge in [-0.2, -0.15) is 0 Å². The molecule has 100 valence electrons. The zero-order chi connectivity index (χ0) is 12.8. The normalized spacial score (nSPS) is 14.8. The molecule has 0 atom stereocenters. The van der Waals surface area contributed by atoms with Gasteiger partial charge in [0, 0.05) is 18.5 Å². The van der Waals surface area contributed by atoms with Gasteiger partial charge in [-0.1, -0.05) is 20.3 Å². The molecule has 1 aromatic rings. The fourth-order valence-electron chi connectivity index (χ4n) is 1.71. The first-order valence-corrected chi connectivity index (χ1v) is 8.07. The van der Waals surface area contributed by atoms with Crippen LogP contribution in [0.1, 0.15) is 57.7 Å². The number of anilines is 1. The number of rotatable bonds is 8. The molecule has 0 spiro atoms. The van der Waals surface area contributed by atoms with E-state index < -0.39 is 0 Å². The minimum absolute atomic E-state index is 0.624. The Balaban J connectivity index is 2.03. The first-order valence-electron chi connectivity index (χ1n) is 7.09. The van der Waals surface area contributed by atoms with Gasteiger partial charge in [0.15, 0.2) is 0 Å². The van der Waals surface area contributed by atoms with Gasteiger partial charge in [-0.25, -0.2) is 9.97 Å². The summed E-state index contributed by atoms with van der Waals surface area (Å²) in [5, 5.41) is 4.52. The molecule has 0 bridgehead atoms. The number of hydrogen-bond donors (Lipinski definition) is 1. The lowest BCUT2D eigenvalue weighted by atomic mass is 10.4. The lowest BCUT2D eigenvalue weighted by Crippen LogP contribution is -2.05. The Labute approximate surface area is 114 Å². The highest BCUT2D eigenvalue weighted by Gasteiger charge is 2.27. The molecule has 3 nitrogen and oxygen atoms in total. The molecule has 1 aromatic heterocycles. The van der Waals surface area contributed by atoms with Crippen molar-refractivity contribution >= 4 is 17.6 Å². The molecule has 1 N–H and O–H groups in total. The fourth-order valence-corrected chi connectivity index (χ4v) is 2.70. The maximum Gasteiger partial charge on any atom is 0.135 e. The third-order valence-electron chi connectivity index (χ3n) is 2.97. The lowest BCUT2D eigenvalue weighted by molar-refractivity contribution is 0.862. The molecule has 4 heteroatoms. The van der Waals surface area contributed by atoms with Crippen molar-refractivity contribution in [2.45, 2.75) is 56.9 Å². The van der Waals surface area contributed by atoms with Gasteiger partial charge in [0.05, 0.1) is 0 Å². The summed E-state index contributed by atoms with van der Waals surface area (Å²) in [4.78, 5) is 9.31. The number of hydrogen-bond acceptors (Lipinski definition) is 4. The molecule has 0 aliphatic heterocycles. The van der Waals surface area contributed by atoms with Gasteiger partial charge in [-0.15, -0.1) is 11.8 Å². The molecule has 1 fully saturated rings. The average molecular weight is 265 g/mol. The van der Waals surface area contributed by atoms with Crippen molar-refractivity contribution in [3.63, 3.8) is 0 Å². The summed E-state index contributed by atoms with van der Waals surface area (Å²) in [6.07, 6.45) is 6.15. The lowest BCUT2D eigenvalue weighted by Gasteiger charge is -2.08. The van der Waals surface area contributed by atoms with Gasteiger partial charge >= 0.3 is 0 Å². The average Bonchev–Trinajstić information content (AvgIpc) is 3.21. The maximum absolute atomic E-state index is 4.69. The molecule has 18 heavy (non-hydrogen) atoms. The third-order valence-corrected chi connectivity index (χ3v) is 3.96. The van der Waals surface area contributed by atoms with E-state index in [1.165, 1.54) is 25.7 Å². The molecule has 2 rings (SSSR count). The summed E-state index contributed by atoms with van der Waals surface area (Å²) >= 11 is 1.86. The van der Waals surface area contributed by atoms with Gasteiger partial charge in [0.2, 0.25) is 0 Å². The van der Waals surface area contributed by atoms with Gasteiger partial charge in [0.1, 0.15) is 16.7 Å². The van der Waals surface area contributed by atoms with E-state index in [0.717, 1.165) is 35.4 Å². The van der Waals surface area contributed by atoms with Crippen LogP contribution in [0, 0.1) is 0 Å². The SMILES string of the molecule is CCCCSc1cc(NCCC)nc(C2CC2)n1. The molecule has 0 amide bonds. The van der Waals surface area contributed by atoms with Crippen LogP contribution in [0.4, 0.5) is 5.82 Å². The van der Waals surface area contributed by atoms with E-state index >= 15 is 0 Å². The quantitative estimate of drug-likeness (QED) is 0.437. The first-order chi connectivity index (χ1) is 8.83. The van der Waals surface area contributed by atoms with E-state index in [1.54, 1.807) is 0 Å². The van der Waals surface area contributed by atoms with E-state index in [0.29, 0.717) is 5.92 Å². The molecular weight excluding hydrogens is 242 g/mol. The number of thioether (sulfide) groups is 1. The van der Waals surface area contributed by atoms with E-state index in [9.17, 15) is 0 Å². The van der Waals surface area contributed by atoms with Crippen molar-refractivity contribution in [2.75, 3.05) is 17.6 Å². The predicted molar refractivity (Wildman–Crippen MR) is 78.4 cm³/mol. The number of nitrogens with zero attached hydrogens (tertiary/aromatic N) is 2. The summed E-state index contributed by atoms with van der Waals surface area (Å²) in [5.74, 6) is 3.84. The Morgan fingerprint density at radius 2 is 2.11 bits per heavy atom. The Morgan fingerprint density at radius 1 is 1.28 bits per heavy atom. The Hall–Kier alpha value is -0.770. The highest BCUT2D eigenvalue weighted by molar-refractivity contribution is 7.99. The van der Waals surface area contributed by atoms with Gasteiger partial charge in [-0.3, -0.25) is 0 Å². The van der Waals surface area contributed by atoms with Crippen molar-refractivity contribution in [3.8, 4) is 0 Å². The minimum atomic E-state index is 0.624.